The van der Waals surface area contributed by atoms with Gasteiger partial charge >= 0.3 is 0 Å². The summed E-state index contributed by atoms with van der Waals surface area (Å²) in [5.74, 6) is 0. The lowest BCUT2D eigenvalue weighted by Crippen LogP contribution is -2.35. The Labute approximate surface area is 111 Å². The molecule has 1 aromatic rings. The van der Waals surface area contributed by atoms with Crippen molar-refractivity contribution in [3.05, 3.63) is 34.3 Å². The van der Waals surface area contributed by atoms with Gasteiger partial charge in [-0.2, -0.15) is 0 Å². The smallest absolute Gasteiger partial charge is 0.0721 e. The molecule has 0 bridgehead atoms. The first kappa shape index (κ1) is 14.0. The standard InChI is InChI=1S/C12H16BrNO.ClH/c13-11-5-3-10(4-6-11)9-15-12-2-1-7-14-8-12;/h3-6,12,14H,1-2,7-9H2;1H. The van der Waals surface area contributed by atoms with Crippen LogP contribution >= 0.6 is 28.3 Å². The summed E-state index contributed by atoms with van der Waals surface area (Å²) < 4.78 is 6.95. The predicted molar refractivity (Wildman–Crippen MR) is 72.1 cm³/mol. The second kappa shape index (κ2) is 7.28. The minimum Gasteiger partial charge on any atom is -0.372 e. The summed E-state index contributed by atoms with van der Waals surface area (Å²) in [6.45, 7) is 2.86. The van der Waals surface area contributed by atoms with Crippen LogP contribution in [0, 0.1) is 0 Å². The van der Waals surface area contributed by atoms with E-state index in [4.69, 9.17) is 4.74 Å². The molecule has 4 heteroatoms. The van der Waals surface area contributed by atoms with Crippen molar-refractivity contribution in [2.45, 2.75) is 25.6 Å². The zero-order valence-corrected chi connectivity index (χ0v) is 11.5. The lowest BCUT2D eigenvalue weighted by atomic mass is 10.1. The molecule has 1 unspecified atom stereocenters. The maximum Gasteiger partial charge on any atom is 0.0721 e. The number of hydrogen-bond donors (Lipinski definition) is 1. The summed E-state index contributed by atoms with van der Waals surface area (Å²) in [6, 6.07) is 8.30. The Kier molecular flexibility index (Phi) is 6.36. The lowest BCUT2D eigenvalue weighted by Gasteiger charge is -2.23. The second-order valence-corrected chi connectivity index (χ2v) is 4.82. The van der Waals surface area contributed by atoms with E-state index in [2.05, 4.69) is 45.5 Å². The van der Waals surface area contributed by atoms with Crippen molar-refractivity contribution in [2.24, 2.45) is 0 Å². The Morgan fingerprint density at radius 3 is 2.69 bits per heavy atom. The number of benzene rings is 1. The topological polar surface area (TPSA) is 21.3 Å². The van der Waals surface area contributed by atoms with Gasteiger partial charge in [0.25, 0.3) is 0 Å². The van der Waals surface area contributed by atoms with Crippen molar-refractivity contribution >= 4 is 28.3 Å². The van der Waals surface area contributed by atoms with Crippen LogP contribution in [0.5, 0.6) is 0 Å². The van der Waals surface area contributed by atoms with E-state index in [1.165, 1.54) is 18.4 Å². The van der Waals surface area contributed by atoms with Crippen molar-refractivity contribution < 1.29 is 4.74 Å². The third kappa shape index (κ3) is 4.42. The van der Waals surface area contributed by atoms with Gasteiger partial charge in [0.2, 0.25) is 0 Å². The van der Waals surface area contributed by atoms with E-state index in [0.717, 1.165) is 24.2 Å². The fourth-order valence-corrected chi connectivity index (χ4v) is 2.02. The van der Waals surface area contributed by atoms with E-state index in [1.807, 2.05) is 0 Å². The highest BCUT2D eigenvalue weighted by atomic mass is 79.9. The molecule has 0 amide bonds. The number of halogens is 2. The van der Waals surface area contributed by atoms with Crippen LogP contribution in [-0.2, 0) is 11.3 Å². The summed E-state index contributed by atoms with van der Waals surface area (Å²) in [5, 5.41) is 3.35. The molecule has 0 radical (unpaired) electrons. The van der Waals surface area contributed by atoms with Crippen molar-refractivity contribution in [3.8, 4) is 0 Å². The van der Waals surface area contributed by atoms with Gasteiger partial charge in [-0.15, -0.1) is 12.4 Å². The average Bonchev–Trinajstić information content (AvgIpc) is 2.30. The molecule has 2 nitrogen and oxygen atoms in total. The number of nitrogens with one attached hydrogen (secondary N) is 1. The minimum absolute atomic E-state index is 0. The first-order valence-electron chi connectivity index (χ1n) is 5.41. The van der Waals surface area contributed by atoms with E-state index in [0.29, 0.717) is 6.10 Å². The molecular weight excluding hydrogens is 289 g/mol. The van der Waals surface area contributed by atoms with Gasteiger partial charge in [-0.1, -0.05) is 28.1 Å². The van der Waals surface area contributed by atoms with E-state index < -0.39 is 0 Å². The molecule has 1 fully saturated rings. The van der Waals surface area contributed by atoms with Crippen LogP contribution in [0.15, 0.2) is 28.7 Å². The third-order valence-electron chi connectivity index (χ3n) is 2.65. The van der Waals surface area contributed by atoms with Gasteiger partial charge in [0.15, 0.2) is 0 Å². The maximum atomic E-state index is 5.83. The van der Waals surface area contributed by atoms with Crippen LogP contribution in [0.3, 0.4) is 0 Å². The SMILES string of the molecule is Brc1ccc(COC2CCCNC2)cc1.Cl. The summed E-state index contributed by atoms with van der Waals surface area (Å²) in [5.41, 5.74) is 1.24. The fourth-order valence-electron chi connectivity index (χ4n) is 1.76. The maximum absolute atomic E-state index is 5.83. The monoisotopic (exact) mass is 305 g/mol. The fraction of sp³-hybridized carbons (Fsp3) is 0.500. The zero-order chi connectivity index (χ0) is 10.5. The highest BCUT2D eigenvalue weighted by molar-refractivity contribution is 9.10. The van der Waals surface area contributed by atoms with Crippen molar-refractivity contribution in [3.63, 3.8) is 0 Å². The minimum atomic E-state index is 0. The van der Waals surface area contributed by atoms with Crippen molar-refractivity contribution in [2.75, 3.05) is 13.1 Å². The first-order chi connectivity index (χ1) is 7.34. The molecule has 1 heterocycles. The molecule has 16 heavy (non-hydrogen) atoms. The Hall–Kier alpha value is -0.0900. The number of ether oxygens (including phenoxy) is 1. The van der Waals surface area contributed by atoms with Gasteiger partial charge in [0.05, 0.1) is 12.7 Å². The lowest BCUT2D eigenvalue weighted by molar-refractivity contribution is 0.0253. The first-order valence-corrected chi connectivity index (χ1v) is 6.20. The predicted octanol–water partition coefficient (Wildman–Crippen LogP) is 3.14. The molecule has 1 aliphatic heterocycles. The Morgan fingerprint density at radius 2 is 2.06 bits per heavy atom. The number of hydrogen-bond acceptors (Lipinski definition) is 2. The molecule has 1 aliphatic rings. The molecular formula is C12H17BrClNO. The number of rotatable bonds is 3. The molecule has 0 spiro atoms. The van der Waals surface area contributed by atoms with E-state index in [9.17, 15) is 0 Å². The molecule has 1 saturated heterocycles. The van der Waals surface area contributed by atoms with Gasteiger partial charge in [-0.25, -0.2) is 0 Å². The molecule has 0 aliphatic carbocycles. The van der Waals surface area contributed by atoms with Gasteiger partial charge in [0, 0.05) is 11.0 Å². The van der Waals surface area contributed by atoms with Gasteiger partial charge in [-0.3, -0.25) is 0 Å². The van der Waals surface area contributed by atoms with Crippen LogP contribution in [-0.4, -0.2) is 19.2 Å². The molecule has 2 rings (SSSR count). The van der Waals surface area contributed by atoms with E-state index in [-0.39, 0.29) is 12.4 Å². The molecule has 90 valence electrons. The highest BCUT2D eigenvalue weighted by Gasteiger charge is 2.12. The van der Waals surface area contributed by atoms with Gasteiger partial charge in [0.1, 0.15) is 0 Å². The normalized spacial score (nSPS) is 20.2. The third-order valence-corrected chi connectivity index (χ3v) is 3.18. The van der Waals surface area contributed by atoms with Crippen LogP contribution < -0.4 is 5.32 Å². The Balaban J connectivity index is 0.00000128. The van der Waals surface area contributed by atoms with Crippen molar-refractivity contribution in [1.82, 2.24) is 5.32 Å². The van der Waals surface area contributed by atoms with Crippen LogP contribution in [0.25, 0.3) is 0 Å². The highest BCUT2D eigenvalue weighted by Crippen LogP contribution is 2.13. The van der Waals surface area contributed by atoms with E-state index >= 15 is 0 Å². The summed E-state index contributed by atoms with van der Waals surface area (Å²) in [6.07, 6.45) is 2.80. The Morgan fingerprint density at radius 1 is 1.31 bits per heavy atom. The van der Waals surface area contributed by atoms with Gasteiger partial charge < -0.3 is 10.1 Å². The summed E-state index contributed by atoms with van der Waals surface area (Å²) >= 11 is 3.42. The second-order valence-electron chi connectivity index (χ2n) is 3.91. The summed E-state index contributed by atoms with van der Waals surface area (Å²) in [4.78, 5) is 0. The summed E-state index contributed by atoms with van der Waals surface area (Å²) in [7, 11) is 0. The number of piperidine rings is 1. The van der Waals surface area contributed by atoms with Crippen LogP contribution in [0.2, 0.25) is 0 Å². The molecule has 0 aromatic heterocycles. The van der Waals surface area contributed by atoms with Crippen molar-refractivity contribution in [1.29, 1.82) is 0 Å². The molecule has 0 saturated carbocycles. The largest absolute Gasteiger partial charge is 0.372 e. The van der Waals surface area contributed by atoms with E-state index in [1.54, 1.807) is 0 Å². The molecule has 1 aromatic carbocycles. The Bertz CT molecular complexity index is 298. The quantitative estimate of drug-likeness (QED) is 0.926. The zero-order valence-electron chi connectivity index (χ0n) is 9.12. The van der Waals surface area contributed by atoms with Crippen LogP contribution in [0.1, 0.15) is 18.4 Å². The molecule has 1 N–H and O–H groups in total. The molecule has 1 atom stereocenters. The average molecular weight is 307 g/mol. The van der Waals surface area contributed by atoms with Crippen LogP contribution in [0.4, 0.5) is 0 Å². The van der Waals surface area contributed by atoms with Gasteiger partial charge in [-0.05, 0) is 37.1 Å².